The van der Waals surface area contributed by atoms with Gasteiger partial charge in [0.05, 0.1) is 35.4 Å². The van der Waals surface area contributed by atoms with E-state index in [0.29, 0.717) is 29.6 Å². The van der Waals surface area contributed by atoms with E-state index in [4.69, 9.17) is 14.0 Å². The first-order chi connectivity index (χ1) is 12.0. The van der Waals surface area contributed by atoms with Gasteiger partial charge in [0, 0.05) is 5.46 Å². The molecule has 0 amide bonds. The fraction of sp³-hybridized carbons (Fsp3) is 0.706. The number of hydrogen-bond donors (Lipinski definition) is 1. The van der Waals surface area contributed by atoms with Crippen LogP contribution in [0.3, 0.4) is 0 Å². The Morgan fingerprint density at radius 2 is 1.88 bits per heavy atom. The van der Waals surface area contributed by atoms with Crippen molar-refractivity contribution in [1.29, 1.82) is 0 Å². The average Bonchev–Trinajstić information content (AvgIpc) is 3.33. The van der Waals surface area contributed by atoms with Crippen molar-refractivity contribution in [1.82, 2.24) is 4.98 Å². The summed E-state index contributed by atoms with van der Waals surface area (Å²) in [6, 6.07) is 1.69. The number of pyridine rings is 1. The zero-order valence-corrected chi connectivity index (χ0v) is 16.9. The first-order valence-corrected chi connectivity index (χ1v) is 10.7. The zero-order valence-electron chi connectivity index (χ0n) is 16.0. The molecular weight excluding hydrogens is 355 g/mol. The highest BCUT2D eigenvalue weighted by molar-refractivity contribution is 7.92. The monoisotopic (exact) mass is 382 g/mol. The molecule has 1 N–H and O–H groups in total. The van der Waals surface area contributed by atoms with Gasteiger partial charge >= 0.3 is 7.12 Å². The number of hydrogen-bond acceptors (Lipinski definition) is 6. The summed E-state index contributed by atoms with van der Waals surface area (Å²) in [5.74, 6) is 0.981. The van der Waals surface area contributed by atoms with Crippen LogP contribution in [0.4, 0.5) is 5.69 Å². The van der Waals surface area contributed by atoms with Crippen molar-refractivity contribution in [2.45, 2.75) is 58.7 Å². The normalized spacial score (nSPS) is 21.7. The number of nitrogens with zero attached hydrogens (tertiary/aromatic N) is 1. The fourth-order valence-corrected chi connectivity index (χ4v) is 3.13. The molecule has 7 nitrogen and oxygen atoms in total. The van der Waals surface area contributed by atoms with Gasteiger partial charge in [-0.05, 0) is 59.4 Å². The molecule has 1 saturated carbocycles. The maximum atomic E-state index is 11.9. The first kappa shape index (κ1) is 19.4. The largest absolute Gasteiger partial charge is 0.500 e. The topological polar surface area (TPSA) is 86.8 Å². The van der Waals surface area contributed by atoms with Gasteiger partial charge < -0.3 is 14.0 Å². The molecule has 26 heavy (non-hydrogen) atoms. The summed E-state index contributed by atoms with van der Waals surface area (Å²) in [7, 11) is -4.07. The molecule has 3 rings (SSSR count). The van der Waals surface area contributed by atoms with Crippen LogP contribution in [0, 0.1) is 5.92 Å². The van der Waals surface area contributed by atoms with Crippen molar-refractivity contribution in [3.05, 3.63) is 12.3 Å². The Labute approximate surface area is 156 Å². The van der Waals surface area contributed by atoms with E-state index in [1.54, 1.807) is 13.0 Å². The molecule has 2 fully saturated rings. The second kappa shape index (κ2) is 6.69. The van der Waals surface area contributed by atoms with Crippen LogP contribution in [0.25, 0.3) is 0 Å². The Kier molecular flexibility index (Phi) is 5.00. The van der Waals surface area contributed by atoms with Crippen molar-refractivity contribution >= 4 is 28.3 Å². The van der Waals surface area contributed by atoms with Gasteiger partial charge in [0.2, 0.25) is 15.9 Å². The Morgan fingerprint density at radius 3 is 2.42 bits per heavy atom. The highest BCUT2D eigenvalue weighted by atomic mass is 32.2. The maximum Gasteiger partial charge on any atom is 0.500 e. The lowest BCUT2D eigenvalue weighted by molar-refractivity contribution is 0.00578. The summed E-state index contributed by atoms with van der Waals surface area (Å²) in [5, 5.41) is 0. The highest BCUT2D eigenvalue weighted by Gasteiger charge is 2.52. The number of rotatable bonds is 7. The molecule has 1 aliphatic heterocycles. The molecular formula is C17H27BN2O5S. The SMILES string of the molecule is CCS(=O)(=O)Nc1cnc(OCC2CC2)c(B2OC(C)(C)C(C)(C)O2)c1. The number of anilines is 1. The average molecular weight is 382 g/mol. The van der Waals surface area contributed by atoms with Gasteiger partial charge in [-0.15, -0.1) is 0 Å². The Balaban J connectivity index is 1.90. The van der Waals surface area contributed by atoms with Crippen molar-refractivity contribution in [3.63, 3.8) is 0 Å². The van der Waals surface area contributed by atoms with Gasteiger partial charge in [0.25, 0.3) is 0 Å². The van der Waals surface area contributed by atoms with Gasteiger partial charge in [-0.3, -0.25) is 4.72 Å². The standard InChI is InChI=1S/C17H27BN2O5S/c1-6-26(21,22)20-13-9-14(15(19-10-13)23-11-12-7-8-12)18-24-16(2,3)17(4,5)25-18/h9-10,12,20H,6-8,11H2,1-5H3. The summed E-state index contributed by atoms with van der Waals surface area (Å²) in [4.78, 5) is 4.33. The predicted octanol–water partition coefficient (Wildman–Crippen LogP) is 1.93. The molecule has 0 aromatic carbocycles. The molecule has 2 heterocycles. The first-order valence-electron chi connectivity index (χ1n) is 9.02. The van der Waals surface area contributed by atoms with Crippen LogP contribution >= 0.6 is 0 Å². The fourth-order valence-electron chi connectivity index (χ4n) is 2.52. The molecule has 1 aromatic heterocycles. The summed E-state index contributed by atoms with van der Waals surface area (Å²) < 4.78 is 44.4. The number of sulfonamides is 1. The number of ether oxygens (including phenoxy) is 1. The lowest BCUT2D eigenvalue weighted by Gasteiger charge is -2.32. The Bertz CT molecular complexity index is 761. The molecule has 2 aliphatic rings. The Hall–Kier alpha value is -1.32. The molecule has 144 valence electrons. The minimum Gasteiger partial charge on any atom is -0.478 e. The molecule has 1 saturated heterocycles. The predicted molar refractivity (Wildman–Crippen MR) is 101 cm³/mol. The van der Waals surface area contributed by atoms with Crippen LogP contribution in [0.5, 0.6) is 5.88 Å². The second-order valence-corrected chi connectivity index (χ2v) is 9.98. The molecule has 1 aromatic rings. The third kappa shape index (κ3) is 4.15. The highest BCUT2D eigenvalue weighted by Crippen LogP contribution is 2.37. The van der Waals surface area contributed by atoms with Crippen molar-refractivity contribution in [2.24, 2.45) is 5.92 Å². The molecule has 0 atom stereocenters. The summed E-state index contributed by atoms with van der Waals surface area (Å²) >= 11 is 0. The zero-order chi connectivity index (χ0) is 19.2. The maximum absolute atomic E-state index is 11.9. The van der Waals surface area contributed by atoms with Gasteiger partial charge in [-0.25, -0.2) is 13.4 Å². The van der Waals surface area contributed by atoms with E-state index in [0.717, 1.165) is 0 Å². The van der Waals surface area contributed by atoms with Gasteiger partial charge in [-0.2, -0.15) is 0 Å². The van der Waals surface area contributed by atoms with Crippen LogP contribution in [0.15, 0.2) is 12.3 Å². The quantitative estimate of drug-likeness (QED) is 0.726. The Morgan fingerprint density at radius 1 is 1.27 bits per heavy atom. The van der Waals surface area contributed by atoms with E-state index < -0.39 is 28.3 Å². The van der Waals surface area contributed by atoms with Crippen molar-refractivity contribution < 1.29 is 22.5 Å². The van der Waals surface area contributed by atoms with E-state index in [1.807, 2.05) is 27.7 Å². The lowest BCUT2D eigenvalue weighted by atomic mass is 9.79. The number of aromatic nitrogens is 1. The summed E-state index contributed by atoms with van der Waals surface area (Å²) in [6.45, 7) is 10.0. The molecule has 0 spiro atoms. The molecule has 0 unspecified atom stereocenters. The minimum absolute atomic E-state index is 0.0151. The smallest absolute Gasteiger partial charge is 0.478 e. The molecule has 1 aliphatic carbocycles. The lowest BCUT2D eigenvalue weighted by Crippen LogP contribution is -2.41. The third-order valence-corrected chi connectivity index (χ3v) is 6.50. The molecule has 0 radical (unpaired) electrons. The van der Waals surface area contributed by atoms with Gasteiger partial charge in [-0.1, -0.05) is 0 Å². The molecule has 0 bridgehead atoms. The van der Waals surface area contributed by atoms with Crippen LogP contribution in [0.1, 0.15) is 47.5 Å². The summed E-state index contributed by atoms with van der Waals surface area (Å²) in [5.41, 5.74) is -0.0507. The van der Waals surface area contributed by atoms with Crippen molar-refractivity contribution in [3.8, 4) is 5.88 Å². The number of nitrogens with one attached hydrogen (secondary N) is 1. The minimum atomic E-state index is -3.40. The van der Waals surface area contributed by atoms with Gasteiger partial charge in [0.1, 0.15) is 0 Å². The summed E-state index contributed by atoms with van der Waals surface area (Å²) in [6.07, 6.45) is 3.80. The van der Waals surface area contributed by atoms with Gasteiger partial charge in [0.15, 0.2) is 0 Å². The third-order valence-electron chi connectivity index (χ3n) is 5.19. The van der Waals surface area contributed by atoms with E-state index in [9.17, 15) is 8.42 Å². The van der Waals surface area contributed by atoms with Crippen LogP contribution in [0.2, 0.25) is 0 Å². The van der Waals surface area contributed by atoms with E-state index in [1.165, 1.54) is 19.0 Å². The second-order valence-electron chi connectivity index (χ2n) is 7.97. The van der Waals surface area contributed by atoms with E-state index >= 15 is 0 Å². The molecule has 9 heteroatoms. The van der Waals surface area contributed by atoms with Crippen LogP contribution in [-0.4, -0.2) is 44.1 Å². The van der Waals surface area contributed by atoms with Crippen molar-refractivity contribution in [2.75, 3.05) is 17.1 Å². The van der Waals surface area contributed by atoms with Crippen LogP contribution in [-0.2, 0) is 19.3 Å². The van der Waals surface area contributed by atoms with Crippen LogP contribution < -0.4 is 14.9 Å². The van der Waals surface area contributed by atoms with E-state index in [2.05, 4.69) is 9.71 Å². The van der Waals surface area contributed by atoms with E-state index in [-0.39, 0.29) is 5.75 Å².